The number of ether oxygens (including phenoxy) is 1. The number of carbonyl (C=O) groups is 1. The van der Waals surface area contributed by atoms with E-state index in [2.05, 4.69) is 9.98 Å². The van der Waals surface area contributed by atoms with Crippen LogP contribution in [0.4, 0.5) is 0 Å². The maximum absolute atomic E-state index is 12.4. The first-order valence-electron chi connectivity index (χ1n) is 9.98. The van der Waals surface area contributed by atoms with E-state index in [0.717, 1.165) is 5.56 Å². The zero-order chi connectivity index (χ0) is 22.3. The fourth-order valence-electron chi connectivity index (χ4n) is 2.99. The first kappa shape index (κ1) is 22.0. The van der Waals surface area contributed by atoms with Gasteiger partial charge in [-0.15, -0.1) is 0 Å². The number of allylic oxidation sites excluding steroid dienone is 1. The van der Waals surface area contributed by atoms with E-state index in [4.69, 9.17) is 21.0 Å². The average Bonchev–Trinajstić information content (AvgIpc) is 2.73. The lowest BCUT2D eigenvalue weighted by molar-refractivity contribution is -0.158. The predicted octanol–water partition coefficient (Wildman–Crippen LogP) is 2.96. The van der Waals surface area contributed by atoms with Crippen molar-refractivity contribution in [3.8, 4) is 5.75 Å². The second kappa shape index (κ2) is 9.90. The minimum atomic E-state index is -0.737. The average molecular weight is 422 g/mol. The lowest BCUT2D eigenvalue weighted by Gasteiger charge is -2.36. The lowest BCUT2D eigenvalue weighted by atomic mass is 10.1. The number of benzene rings is 2. The van der Waals surface area contributed by atoms with E-state index in [0.29, 0.717) is 30.9 Å². The molecule has 0 fully saturated rings. The Morgan fingerprint density at radius 3 is 2.61 bits per heavy atom. The van der Waals surface area contributed by atoms with Crippen molar-refractivity contribution in [2.75, 3.05) is 13.2 Å². The molecule has 2 aromatic rings. The highest BCUT2D eigenvalue weighted by atomic mass is 16.7. The number of nitrogens with zero attached hydrogens (tertiary/aromatic N) is 3. The van der Waals surface area contributed by atoms with Crippen LogP contribution < -0.4 is 16.2 Å². The number of nitrogens with two attached hydrogens (primary N) is 2. The van der Waals surface area contributed by atoms with Crippen LogP contribution in [0.25, 0.3) is 6.08 Å². The largest absolute Gasteiger partial charge is 0.493 e. The van der Waals surface area contributed by atoms with Gasteiger partial charge < -0.3 is 16.2 Å². The molecule has 31 heavy (non-hydrogen) atoms. The van der Waals surface area contributed by atoms with Crippen molar-refractivity contribution in [2.24, 2.45) is 21.5 Å². The van der Waals surface area contributed by atoms with Gasteiger partial charge in [0.2, 0.25) is 11.9 Å². The number of ketones is 1. The van der Waals surface area contributed by atoms with Crippen LogP contribution in [0.15, 0.2) is 70.7 Å². The highest BCUT2D eigenvalue weighted by Gasteiger charge is 2.32. The zero-order valence-corrected chi connectivity index (χ0v) is 17.7. The smallest absolute Gasteiger partial charge is 0.226 e. The summed E-state index contributed by atoms with van der Waals surface area (Å²) in [6, 6.07) is 16.8. The molecule has 8 heteroatoms. The molecule has 0 unspecified atom stereocenters. The van der Waals surface area contributed by atoms with Crippen LogP contribution in [0, 0.1) is 0 Å². The summed E-state index contributed by atoms with van der Waals surface area (Å²) >= 11 is 0. The third kappa shape index (κ3) is 6.16. The van der Waals surface area contributed by atoms with E-state index >= 15 is 0 Å². The molecule has 0 amide bonds. The third-order valence-electron chi connectivity index (χ3n) is 4.45. The van der Waals surface area contributed by atoms with Crippen molar-refractivity contribution in [3.05, 3.63) is 71.8 Å². The molecule has 4 N–H and O–H groups in total. The lowest BCUT2D eigenvalue weighted by Crippen LogP contribution is -2.53. The van der Waals surface area contributed by atoms with Gasteiger partial charge in [0.1, 0.15) is 5.75 Å². The first-order valence-corrected chi connectivity index (χ1v) is 9.98. The molecule has 0 saturated carbocycles. The Morgan fingerprint density at radius 1 is 1.10 bits per heavy atom. The molecule has 1 aliphatic rings. The third-order valence-corrected chi connectivity index (χ3v) is 4.45. The van der Waals surface area contributed by atoms with E-state index in [1.807, 2.05) is 50.2 Å². The van der Waals surface area contributed by atoms with Crippen LogP contribution in [0.3, 0.4) is 0 Å². The zero-order valence-electron chi connectivity index (χ0n) is 17.7. The number of aliphatic imine (C=N–C) groups is 2. The Bertz CT molecular complexity index is 999. The van der Waals surface area contributed by atoms with Crippen molar-refractivity contribution in [3.63, 3.8) is 0 Å². The summed E-state index contributed by atoms with van der Waals surface area (Å²) in [6.07, 6.45) is 3.96. The molecule has 0 spiro atoms. The molecular weight excluding hydrogens is 394 g/mol. The summed E-state index contributed by atoms with van der Waals surface area (Å²) in [4.78, 5) is 26.3. The summed E-state index contributed by atoms with van der Waals surface area (Å²) < 4.78 is 5.76. The number of hydrogen-bond donors (Lipinski definition) is 2. The van der Waals surface area contributed by atoms with Gasteiger partial charge in [-0.1, -0.05) is 48.5 Å². The van der Waals surface area contributed by atoms with E-state index in [1.165, 1.54) is 5.06 Å². The van der Waals surface area contributed by atoms with Gasteiger partial charge in [0.05, 0.1) is 13.2 Å². The van der Waals surface area contributed by atoms with Crippen molar-refractivity contribution in [1.82, 2.24) is 5.06 Å². The summed E-state index contributed by atoms with van der Waals surface area (Å²) in [5, 5.41) is 1.43. The second-order valence-corrected chi connectivity index (χ2v) is 7.40. The molecule has 8 nitrogen and oxygen atoms in total. The van der Waals surface area contributed by atoms with Crippen LogP contribution >= 0.6 is 0 Å². The summed E-state index contributed by atoms with van der Waals surface area (Å²) in [5.74, 6) is 0.821. The number of carbonyl (C=O) groups excluding carboxylic acids is 1. The Labute approximate surface area is 181 Å². The quantitative estimate of drug-likeness (QED) is 0.365. The maximum atomic E-state index is 12.4. The molecule has 0 aliphatic carbocycles. The van der Waals surface area contributed by atoms with Gasteiger partial charge in [-0.05, 0) is 37.6 Å². The van der Waals surface area contributed by atoms with Crippen LogP contribution in [0.2, 0.25) is 0 Å². The van der Waals surface area contributed by atoms with Gasteiger partial charge >= 0.3 is 0 Å². The Morgan fingerprint density at radius 2 is 1.87 bits per heavy atom. The molecule has 2 aromatic carbocycles. The molecule has 0 bridgehead atoms. The first-order chi connectivity index (χ1) is 14.8. The number of hydroxylamine groups is 2. The molecule has 0 aromatic heterocycles. The summed E-state index contributed by atoms with van der Waals surface area (Å²) in [5.41, 5.74) is 12.3. The predicted molar refractivity (Wildman–Crippen MR) is 121 cm³/mol. The van der Waals surface area contributed by atoms with E-state index in [9.17, 15) is 4.79 Å². The maximum Gasteiger partial charge on any atom is 0.226 e. The van der Waals surface area contributed by atoms with Gasteiger partial charge in [0.15, 0.2) is 11.4 Å². The van der Waals surface area contributed by atoms with E-state index in [1.54, 1.807) is 30.4 Å². The van der Waals surface area contributed by atoms with Gasteiger partial charge in [-0.2, -0.15) is 10.1 Å². The van der Waals surface area contributed by atoms with Gasteiger partial charge in [0, 0.05) is 12.0 Å². The van der Waals surface area contributed by atoms with Crippen molar-refractivity contribution >= 4 is 23.8 Å². The molecule has 0 atom stereocenters. The van der Waals surface area contributed by atoms with Crippen LogP contribution in [-0.4, -0.2) is 41.6 Å². The van der Waals surface area contributed by atoms with Gasteiger partial charge in [-0.3, -0.25) is 9.63 Å². The van der Waals surface area contributed by atoms with Gasteiger partial charge in [-0.25, -0.2) is 4.99 Å². The summed E-state index contributed by atoms with van der Waals surface area (Å²) in [6.45, 7) is 4.42. The normalized spacial score (nSPS) is 15.5. The Balaban J connectivity index is 1.47. The highest BCUT2D eigenvalue weighted by Crippen LogP contribution is 2.20. The Kier molecular flexibility index (Phi) is 7.04. The Hall–Kier alpha value is -3.65. The molecule has 0 radical (unpaired) electrons. The van der Waals surface area contributed by atoms with Crippen LogP contribution in [0.1, 0.15) is 36.2 Å². The van der Waals surface area contributed by atoms with Crippen LogP contribution in [0.5, 0.6) is 5.75 Å². The monoisotopic (exact) mass is 421 g/mol. The number of rotatable bonds is 9. The molecule has 3 rings (SSSR count). The molecule has 162 valence electrons. The summed E-state index contributed by atoms with van der Waals surface area (Å²) in [7, 11) is 0. The standard InChI is InChI=1S/C23H27N5O3/c1-23(2)27-21(24)26-22(25)28(23)31-15-7-14-30-19-11-6-10-18(16-19)20(29)13-12-17-8-4-3-5-9-17/h3-6,8-13,16H,7,14-15H2,1-2H3,(H4,24,25,26,27). The molecular formula is C23H27N5O3. The molecule has 1 heterocycles. The van der Waals surface area contributed by atoms with E-state index in [-0.39, 0.29) is 17.7 Å². The van der Waals surface area contributed by atoms with Crippen molar-refractivity contribution in [2.45, 2.75) is 25.9 Å². The van der Waals surface area contributed by atoms with Crippen molar-refractivity contribution in [1.29, 1.82) is 0 Å². The fourth-order valence-corrected chi connectivity index (χ4v) is 2.99. The molecule has 0 saturated heterocycles. The minimum Gasteiger partial charge on any atom is -0.493 e. The number of hydrogen-bond acceptors (Lipinski definition) is 8. The molecule has 1 aliphatic heterocycles. The highest BCUT2D eigenvalue weighted by molar-refractivity contribution is 6.07. The topological polar surface area (TPSA) is 116 Å². The van der Waals surface area contributed by atoms with Crippen LogP contribution in [-0.2, 0) is 4.84 Å². The van der Waals surface area contributed by atoms with Gasteiger partial charge in [0.25, 0.3) is 0 Å². The minimum absolute atomic E-state index is 0.0837. The van der Waals surface area contributed by atoms with Crippen molar-refractivity contribution < 1.29 is 14.4 Å². The second-order valence-electron chi connectivity index (χ2n) is 7.40. The van der Waals surface area contributed by atoms with E-state index < -0.39 is 5.66 Å². The number of guanidine groups is 2. The SMILES string of the molecule is CC1(C)N=C(N)N=C(N)N1OCCCOc1cccc(C(=O)C=Cc2ccccc2)c1. The fraction of sp³-hybridized carbons (Fsp3) is 0.261.